The summed E-state index contributed by atoms with van der Waals surface area (Å²) in [4.78, 5) is 17.8. The van der Waals surface area contributed by atoms with Crippen molar-refractivity contribution in [2.24, 2.45) is 17.8 Å². The summed E-state index contributed by atoms with van der Waals surface area (Å²) in [7, 11) is 0. The fourth-order valence-electron chi connectivity index (χ4n) is 8.59. The smallest absolute Gasteiger partial charge is 0.363 e. The number of amides is 1. The van der Waals surface area contributed by atoms with E-state index in [9.17, 15) is 22.4 Å². The number of alkyl halides is 3. The molecule has 1 saturated heterocycles. The van der Waals surface area contributed by atoms with E-state index in [1.54, 1.807) is 4.90 Å². The quantitative estimate of drug-likeness (QED) is 0.539. The van der Waals surface area contributed by atoms with Crippen molar-refractivity contribution in [2.75, 3.05) is 31.5 Å². The Morgan fingerprint density at radius 3 is 2.11 bits per heavy atom. The van der Waals surface area contributed by atoms with Gasteiger partial charge in [0, 0.05) is 44.2 Å². The second kappa shape index (κ2) is 8.69. The van der Waals surface area contributed by atoms with Crippen molar-refractivity contribution < 1.29 is 22.4 Å². The Balaban J connectivity index is 1.07. The standard InChI is InChI=1S/C28H33F4N5O/c29-21-3-1-20(2-4-21)22-12-24(28(30,31)32)37-25(33-22)13-23(34-37)26(38)35-5-7-36(8-6-35)27-14-17-9-18(15-27)11-19(10-17)16-27/h1-4,13,17-19,22,24,33H,5-12,14-16H2/t17?,18?,19?,22-,24-,27?/m1/s1. The highest BCUT2D eigenvalue weighted by atomic mass is 19.4. The zero-order chi connectivity index (χ0) is 26.2. The van der Waals surface area contributed by atoms with Crippen LogP contribution in [-0.2, 0) is 0 Å². The minimum Gasteiger partial charge on any atom is -0.363 e. The number of halogens is 4. The van der Waals surface area contributed by atoms with Gasteiger partial charge < -0.3 is 10.2 Å². The molecule has 204 valence electrons. The molecule has 6 nitrogen and oxygen atoms in total. The third-order valence-corrected chi connectivity index (χ3v) is 9.92. The molecule has 1 amide bonds. The fourth-order valence-corrected chi connectivity index (χ4v) is 8.59. The molecule has 4 saturated carbocycles. The molecule has 8 rings (SSSR count). The number of nitrogens with zero attached hydrogens (tertiary/aromatic N) is 4. The van der Waals surface area contributed by atoms with Crippen LogP contribution in [0.4, 0.5) is 23.4 Å². The van der Waals surface area contributed by atoms with Gasteiger partial charge in [-0.15, -0.1) is 0 Å². The van der Waals surface area contributed by atoms with Gasteiger partial charge in [-0.25, -0.2) is 9.07 Å². The number of rotatable bonds is 3. The monoisotopic (exact) mass is 531 g/mol. The minimum absolute atomic E-state index is 0.0322. The van der Waals surface area contributed by atoms with Crippen LogP contribution in [0.2, 0.25) is 0 Å². The van der Waals surface area contributed by atoms with Gasteiger partial charge in [-0.3, -0.25) is 9.69 Å². The van der Waals surface area contributed by atoms with Crippen LogP contribution in [0, 0.1) is 23.6 Å². The first-order valence-electron chi connectivity index (χ1n) is 13.9. The summed E-state index contributed by atoms with van der Waals surface area (Å²) < 4.78 is 56.4. The average molecular weight is 532 g/mol. The highest BCUT2D eigenvalue weighted by Gasteiger charge is 2.54. The van der Waals surface area contributed by atoms with E-state index in [1.807, 2.05) is 0 Å². The van der Waals surface area contributed by atoms with Gasteiger partial charge in [-0.2, -0.15) is 18.3 Å². The number of aromatic nitrogens is 2. The molecular formula is C28H33F4N5O. The summed E-state index contributed by atoms with van der Waals surface area (Å²) in [5.41, 5.74) is 0.878. The summed E-state index contributed by atoms with van der Waals surface area (Å²) in [5.74, 6) is 1.95. The summed E-state index contributed by atoms with van der Waals surface area (Å²) in [5, 5.41) is 7.25. The predicted molar refractivity (Wildman–Crippen MR) is 133 cm³/mol. The summed E-state index contributed by atoms with van der Waals surface area (Å²) in [6, 6.07) is 4.35. The van der Waals surface area contributed by atoms with Gasteiger partial charge in [0.05, 0.1) is 6.04 Å². The lowest BCUT2D eigenvalue weighted by Crippen LogP contribution is -2.64. The van der Waals surface area contributed by atoms with E-state index in [-0.39, 0.29) is 29.4 Å². The zero-order valence-electron chi connectivity index (χ0n) is 21.3. The molecule has 0 unspecified atom stereocenters. The lowest BCUT2D eigenvalue weighted by molar-refractivity contribution is -0.173. The van der Waals surface area contributed by atoms with Gasteiger partial charge in [0.15, 0.2) is 11.7 Å². The molecule has 4 bridgehead atoms. The van der Waals surface area contributed by atoms with Crippen LogP contribution in [0.5, 0.6) is 0 Å². The second-order valence-corrected chi connectivity index (χ2v) is 12.3. The highest BCUT2D eigenvalue weighted by Crippen LogP contribution is 2.58. The summed E-state index contributed by atoms with van der Waals surface area (Å²) >= 11 is 0. The fraction of sp³-hybridized carbons (Fsp3) is 0.643. The minimum atomic E-state index is -4.54. The van der Waals surface area contributed by atoms with Crippen molar-refractivity contribution >= 4 is 11.7 Å². The number of hydrogen-bond acceptors (Lipinski definition) is 4. The average Bonchev–Trinajstić information content (AvgIpc) is 3.31. The maximum absolute atomic E-state index is 14.0. The van der Waals surface area contributed by atoms with Crippen molar-refractivity contribution in [2.45, 2.75) is 68.7 Å². The zero-order valence-corrected chi connectivity index (χ0v) is 21.3. The van der Waals surface area contributed by atoms with Crippen LogP contribution in [0.1, 0.15) is 73.1 Å². The number of anilines is 1. The number of hydrogen-bond donors (Lipinski definition) is 1. The lowest BCUT2D eigenvalue weighted by atomic mass is 9.52. The molecule has 4 aliphatic carbocycles. The van der Waals surface area contributed by atoms with E-state index in [1.165, 1.54) is 68.9 Å². The Morgan fingerprint density at radius 2 is 1.53 bits per heavy atom. The van der Waals surface area contributed by atoms with E-state index >= 15 is 0 Å². The molecular weight excluding hydrogens is 498 g/mol. The van der Waals surface area contributed by atoms with E-state index < -0.39 is 24.1 Å². The molecule has 5 fully saturated rings. The molecule has 6 aliphatic rings. The van der Waals surface area contributed by atoms with Gasteiger partial charge in [-0.05, 0) is 74.0 Å². The summed E-state index contributed by atoms with van der Waals surface area (Å²) in [6.45, 7) is 2.75. The highest BCUT2D eigenvalue weighted by molar-refractivity contribution is 5.93. The number of fused-ring (bicyclic) bond motifs is 1. The SMILES string of the molecule is O=C(c1cc2n(n1)[C@@H](C(F)(F)F)C[C@H](c1ccc(F)cc1)N2)N1CCN(C23CC4CC(CC(C4)C2)C3)CC1. The molecule has 1 aromatic carbocycles. The first-order valence-corrected chi connectivity index (χ1v) is 13.9. The molecule has 10 heteroatoms. The van der Waals surface area contributed by atoms with Crippen LogP contribution >= 0.6 is 0 Å². The van der Waals surface area contributed by atoms with Gasteiger partial charge in [-0.1, -0.05) is 12.1 Å². The molecule has 2 atom stereocenters. The Morgan fingerprint density at radius 1 is 0.921 bits per heavy atom. The Labute approximate surface area is 219 Å². The topological polar surface area (TPSA) is 53.4 Å². The predicted octanol–water partition coefficient (Wildman–Crippen LogP) is 5.41. The van der Waals surface area contributed by atoms with E-state index in [4.69, 9.17) is 0 Å². The third kappa shape index (κ3) is 4.10. The van der Waals surface area contributed by atoms with Crippen molar-refractivity contribution in [3.05, 3.63) is 47.4 Å². The maximum Gasteiger partial charge on any atom is 0.410 e. The molecule has 1 N–H and O–H groups in total. The van der Waals surface area contributed by atoms with Crippen LogP contribution < -0.4 is 5.32 Å². The van der Waals surface area contributed by atoms with Crippen LogP contribution in [0.15, 0.2) is 30.3 Å². The largest absolute Gasteiger partial charge is 0.410 e. The number of carbonyl (C=O) groups excluding carboxylic acids is 1. The van der Waals surface area contributed by atoms with Crippen LogP contribution in [-0.4, -0.2) is 63.4 Å². The van der Waals surface area contributed by atoms with Gasteiger partial charge in [0.25, 0.3) is 5.91 Å². The first kappa shape index (κ1) is 24.4. The van der Waals surface area contributed by atoms with Crippen molar-refractivity contribution in [1.29, 1.82) is 0 Å². The lowest BCUT2D eigenvalue weighted by Gasteiger charge is -2.61. The van der Waals surface area contributed by atoms with Crippen molar-refractivity contribution in [3.63, 3.8) is 0 Å². The maximum atomic E-state index is 14.0. The second-order valence-electron chi connectivity index (χ2n) is 12.3. The number of piperazine rings is 1. The summed E-state index contributed by atoms with van der Waals surface area (Å²) in [6.07, 6.45) is 3.17. The number of carbonyl (C=O) groups is 1. The van der Waals surface area contributed by atoms with Gasteiger partial charge >= 0.3 is 6.18 Å². The van der Waals surface area contributed by atoms with Crippen LogP contribution in [0.25, 0.3) is 0 Å². The van der Waals surface area contributed by atoms with E-state index in [2.05, 4.69) is 15.3 Å². The van der Waals surface area contributed by atoms with Gasteiger partial charge in [0.1, 0.15) is 11.6 Å². The molecule has 2 aromatic rings. The van der Waals surface area contributed by atoms with E-state index in [0.717, 1.165) is 35.5 Å². The molecule has 1 aromatic heterocycles. The first-order chi connectivity index (χ1) is 18.2. The van der Waals surface area contributed by atoms with E-state index in [0.29, 0.717) is 18.7 Å². The molecule has 0 spiro atoms. The normalized spacial score (nSPS) is 34.7. The van der Waals surface area contributed by atoms with Crippen molar-refractivity contribution in [3.8, 4) is 0 Å². The van der Waals surface area contributed by atoms with Crippen LogP contribution in [0.3, 0.4) is 0 Å². The molecule has 0 radical (unpaired) electrons. The van der Waals surface area contributed by atoms with Crippen molar-refractivity contribution in [1.82, 2.24) is 19.6 Å². The Hall–Kier alpha value is -2.62. The molecule has 2 aliphatic heterocycles. The molecule has 3 heterocycles. The number of nitrogens with one attached hydrogen (secondary N) is 1. The Bertz CT molecular complexity index is 1180. The number of benzene rings is 1. The van der Waals surface area contributed by atoms with Gasteiger partial charge in [0.2, 0.25) is 0 Å². The third-order valence-electron chi connectivity index (χ3n) is 9.92. The molecule has 38 heavy (non-hydrogen) atoms. The Kier molecular flexibility index (Phi) is 5.59.